The predicted molar refractivity (Wildman–Crippen MR) is 66.7 cm³/mol. The van der Waals surface area contributed by atoms with Gasteiger partial charge in [-0.15, -0.1) is 0 Å². The molecule has 1 aliphatic carbocycles. The van der Waals surface area contributed by atoms with E-state index in [2.05, 4.69) is 0 Å². The van der Waals surface area contributed by atoms with Crippen LogP contribution in [0.3, 0.4) is 0 Å². The first-order valence-corrected chi connectivity index (χ1v) is 6.18. The highest BCUT2D eigenvalue weighted by Gasteiger charge is 2.46. The Labute approximate surface area is 105 Å². The topological polar surface area (TPSA) is 57.6 Å². The summed E-state index contributed by atoms with van der Waals surface area (Å²) in [5.74, 6) is -0.675. The summed E-state index contributed by atoms with van der Waals surface area (Å²) in [6, 6.07) is 5.64. The molecule has 3 rings (SSSR count). The Morgan fingerprint density at radius 3 is 2.67 bits per heavy atom. The third kappa shape index (κ3) is 1.32. The van der Waals surface area contributed by atoms with Gasteiger partial charge >= 0.3 is 5.97 Å². The van der Waals surface area contributed by atoms with Crippen LogP contribution in [0.1, 0.15) is 30.4 Å². The first-order chi connectivity index (χ1) is 8.54. The summed E-state index contributed by atoms with van der Waals surface area (Å²) in [6.07, 6.45) is 2.74. The fourth-order valence-electron chi connectivity index (χ4n) is 2.92. The van der Waals surface area contributed by atoms with Crippen LogP contribution >= 0.6 is 0 Å². The van der Waals surface area contributed by atoms with E-state index in [0.29, 0.717) is 19.3 Å². The fraction of sp³-hybridized carbons (Fsp3) is 0.429. The second-order valence-corrected chi connectivity index (χ2v) is 5.21. The quantitative estimate of drug-likeness (QED) is 0.863. The third-order valence-electron chi connectivity index (χ3n) is 4.33. The normalized spacial score (nSPS) is 20.5. The SMILES string of the molecule is CN1C(=O)Cc2cc(C3(C(=O)O)CCC3)ccc21. The average Bonchev–Trinajstić information content (AvgIpc) is 2.52. The van der Waals surface area contributed by atoms with E-state index in [1.807, 2.05) is 18.2 Å². The molecule has 18 heavy (non-hydrogen) atoms. The summed E-state index contributed by atoms with van der Waals surface area (Å²) in [5, 5.41) is 9.41. The van der Waals surface area contributed by atoms with Crippen LogP contribution < -0.4 is 4.90 Å². The molecule has 1 aromatic carbocycles. The van der Waals surface area contributed by atoms with Crippen molar-refractivity contribution in [2.45, 2.75) is 31.1 Å². The zero-order chi connectivity index (χ0) is 12.9. The van der Waals surface area contributed by atoms with Crippen LogP contribution in [0.2, 0.25) is 0 Å². The summed E-state index contributed by atoms with van der Waals surface area (Å²) in [5.41, 5.74) is 2.00. The number of carbonyl (C=O) groups excluding carboxylic acids is 1. The fourth-order valence-corrected chi connectivity index (χ4v) is 2.92. The second kappa shape index (κ2) is 3.57. The molecule has 1 N–H and O–H groups in total. The van der Waals surface area contributed by atoms with Gasteiger partial charge in [0.25, 0.3) is 0 Å². The van der Waals surface area contributed by atoms with Crippen molar-refractivity contribution in [3.05, 3.63) is 29.3 Å². The molecular formula is C14H15NO3. The molecule has 4 heteroatoms. The molecule has 2 aliphatic rings. The molecule has 1 heterocycles. The molecule has 1 saturated carbocycles. The summed E-state index contributed by atoms with van der Waals surface area (Å²) < 4.78 is 0. The van der Waals surface area contributed by atoms with E-state index in [-0.39, 0.29) is 5.91 Å². The molecule has 0 spiro atoms. The number of hydrogen-bond donors (Lipinski definition) is 1. The van der Waals surface area contributed by atoms with E-state index >= 15 is 0 Å². The number of amides is 1. The Hall–Kier alpha value is -1.84. The Morgan fingerprint density at radius 1 is 1.39 bits per heavy atom. The Balaban J connectivity index is 2.04. The number of hydrogen-bond acceptors (Lipinski definition) is 2. The average molecular weight is 245 g/mol. The van der Waals surface area contributed by atoms with Crippen molar-refractivity contribution < 1.29 is 14.7 Å². The minimum Gasteiger partial charge on any atom is -0.481 e. The minimum absolute atomic E-state index is 0.0696. The second-order valence-electron chi connectivity index (χ2n) is 5.21. The summed E-state index contributed by atoms with van der Waals surface area (Å²) in [7, 11) is 1.75. The van der Waals surface area contributed by atoms with Gasteiger partial charge in [0.05, 0.1) is 11.8 Å². The van der Waals surface area contributed by atoms with Gasteiger partial charge in [0.15, 0.2) is 0 Å². The van der Waals surface area contributed by atoms with Crippen molar-refractivity contribution in [3.63, 3.8) is 0 Å². The van der Waals surface area contributed by atoms with Gasteiger partial charge in [0.1, 0.15) is 0 Å². The van der Waals surface area contributed by atoms with E-state index in [4.69, 9.17) is 0 Å². The standard InChI is InChI=1S/C14H15NO3/c1-15-11-4-3-10(7-9(11)8-12(15)16)14(13(17)18)5-2-6-14/h3-4,7H,2,5-6,8H2,1H3,(H,17,18). The molecular weight excluding hydrogens is 230 g/mol. The lowest BCUT2D eigenvalue weighted by Gasteiger charge is -2.38. The van der Waals surface area contributed by atoms with Gasteiger partial charge in [-0.3, -0.25) is 9.59 Å². The lowest BCUT2D eigenvalue weighted by Crippen LogP contribution is -2.42. The van der Waals surface area contributed by atoms with Gasteiger partial charge in [-0.25, -0.2) is 0 Å². The number of benzene rings is 1. The van der Waals surface area contributed by atoms with Crippen LogP contribution in [0.5, 0.6) is 0 Å². The maximum Gasteiger partial charge on any atom is 0.314 e. The molecule has 0 bridgehead atoms. The highest BCUT2D eigenvalue weighted by Crippen LogP contribution is 2.45. The Morgan fingerprint density at radius 2 is 2.11 bits per heavy atom. The largest absolute Gasteiger partial charge is 0.481 e. The molecule has 94 valence electrons. The van der Waals surface area contributed by atoms with Crippen molar-refractivity contribution in [3.8, 4) is 0 Å². The molecule has 1 aliphatic heterocycles. The van der Waals surface area contributed by atoms with Crippen molar-refractivity contribution in [2.75, 3.05) is 11.9 Å². The molecule has 0 unspecified atom stereocenters. The number of anilines is 1. The Bertz CT molecular complexity index is 546. The van der Waals surface area contributed by atoms with Gasteiger partial charge in [-0.2, -0.15) is 0 Å². The number of rotatable bonds is 2. The van der Waals surface area contributed by atoms with Crippen molar-refractivity contribution >= 4 is 17.6 Å². The van der Waals surface area contributed by atoms with E-state index in [0.717, 1.165) is 23.2 Å². The number of fused-ring (bicyclic) bond motifs is 1. The van der Waals surface area contributed by atoms with E-state index in [1.165, 1.54) is 0 Å². The number of nitrogens with zero attached hydrogens (tertiary/aromatic N) is 1. The van der Waals surface area contributed by atoms with Gasteiger partial charge in [-0.05, 0) is 30.0 Å². The van der Waals surface area contributed by atoms with E-state index < -0.39 is 11.4 Å². The van der Waals surface area contributed by atoms with E-state index in [1.54, 1.807) is 11.9 Å². The van der Waals surface area contributed by atoms with Crippen molar-refractivity contribution in [1.82, 2.24) is 0 Å². The smallest absolute Gasteiger partial charge is 0.314 e. The predicted octanol–water partition coefficient (Wildman–Crippen LogP) is 1.71. The maximum atomic E-state index is 11.6. The molecule has 4 nitrogen and oxygen atoms in total. The number of carboxylic acids is 1. The number of carbonyl (C=O) groups is 2. The zero-order valence-corrected chi connectivity index (χ0v) is 10.3. The zero-order valence-electron chi connectivity index (χ0n) is 10.3. The number of aliphatic carboxylic acids is 1. The van der Waals surface area contributed by atoms with Gasteiger partial charge in [0, 0.05) is 12.7 Å². The van der Waals surface area contributed by atoms with Crippen LogP contribution in [0.4, 0.5) is 5.69 Å². The minimum atomic E-state index is -0.744. The number of carboxylic acid groups (broad SMARTS) is 1. The van der Waals surface area contributed by atoms with Gasteiger partial charge in [-0.1, -0.05) is 18.6 Å². The number of likely N-dealkylation sites (N-methyl/N-ethyl adjacent to an activating group) is 1. The van der Waals surface area contributed by atoms with Crippen LogP contribution in [0.25, 0.3) is 0 Å². The molecule has 0 radical (unpaired) electrons. The Kier molecular flexibility index (Phi) is 2.24. The highest BCUT2D eigenvalue weighted by atomic mass is 16.4. The van der Waals surface area contributed by atoms with Crippen molar-refractivity contribution in [2.24, 2.45) is 0 Å². The van der Waals surface area contributed by atoms with E-state index in [9.17, 15) is 14.7 Å². The lowest BCUT2D eigenvalue weighted by molar-refractivity contribution is -0.147. The lowest BCUT2D eigenvalue weighted by atomic mass is 9.64. The van der Waals surface area contributed by atoms with Crippen LogP contribution in [0, 0.1) is 0 Å². The van der Waals surface area contributed by atoms with Gasteiger partial charge in [0.2, 0.25) is 5.91 Å². The molecule has 0 saturated heterocycles. The maximum absolute atomic E-state index is 11.6. The first kappa shape index (κ1) is 11.3. The van der Waals surface area contributed by atoms with Gasteiger partial charge < -0.3 is 10.0 Å². The summed E-state index contributed by atoms with van der Waals surface area (Å²) in [6.45, 7) is 0. The van der Waals surface area contributed by atoms with Crippen LogP contribution in [0.15, 0.2) is 18.2 Å². The molecule has 0 atom stereocenters. The summed E-state index contributed by atoms with van der Waals surface area (Å²) >= 11 is 0. The molecule has 0 aromatic heterocycles. The third-order valence-corrected chi connectivity index (χ3v) is 4.33. The highest BCUT2D eigenvalue weighted by molar-refractivity contribution is 6.01. The molecule has 1 amide bonds. The molecule has 1 aromatic rings. The summed E-state index contributed by atoms with van der Waals surface area (Å²) in [4.78, 5) is 24.7. The van der Waals surface area contributed by atoms with Crippen LogP contribution in [-0.2, 0) is 21.4 Å². The first-order valence-electron chi connectivity index (χ1n) is 6.18. The molecule has 1 fully saturated rings. The van der Waals surface area contributed by atoms with Crippen molar-refractivity contribution in [1.29, 1.82) is 0 Å². The monoisotopic (exact) mass is 245 g/mol. The van der Waals surface area contributed by atoms with Crippen LogP contribution in [-0.4, -0.2) is 24.0 Å².